The standard InChI is InChI=1S/C21H17N3O2S/c1-2-26-17-10-8-14(9-11-17)19(25)23-16-6-3-5-15(13-16)20-24-18-7-4-12-22-21(18)27-20/h3-13H,2H2,1H3,(H,23,25). The minimum atomic E-state index is -0.166. The van der Waals surface area contributed by atoms with Crippen LogP contribution < -0.4 is 10.1 Å². The number of nitrogens with one attached hydrogen (secondary N) is 1. The Morgan fingerprint density at radius 2 is 1.96 bits per heavy atom. The molecule has 1 N–H and O–H groups in total. The average molecular weight is 375 g/mol. The van der Waals surface area contributed by atoms with Crippen molar-refractivity contribution in [2.45, 2.75) is 6.92 Å². The summed E-state index contributed by atoms with van der Waals surface area (Å²) >= 11 is 1.53. The van der Waals surface area contributed by atoms with Crippen molar-refractivity contribution in [2.24, 2.45) is 0 Å². The molecule has 0 saturated carbocycles. The third-order valence-electron chi connectivity index (χ3n) is 3.96. The lowest BCUT2D eigenvalue weighted by molar-refractivity contribution is 0.102. The molecule has 4 rings (SSSR count). The van der Waals surface area contributed by atoms with E-state index in [1.807, 2.05) is 43.3 Å². The number of pyridine rings is 1. The van der Waals surface area contributed by atoms with E-state index in [0.29, 0.717) is 12.2 Å². The van der Waals surface area contributed by atoms with Gasteiger partial charge >= 0.3 is 0 Å². The summed E-state index contributed by atoms with van der Waals surface area (Å²) in [7, 11) is 0. The summed E-state index contributed by atoms with van der Waals surface area (Å²) in [5, 5.41) is 3.81. The maximum absolute atomic E-state index is 12.5. The Hall–Kier alpha value is -3.25. The van der Waals surface area contributed by atoms with Crippen LogP contribution in [0.3, 0.4) is 0 Å². The zero-order chi connectivity index (χ0) is 18.6. The summed E-state index contributed by atoms with van der Waals surface area (Å²) in [6, 6.07) is 18.6. The SMILES string of the molecule is CCOc1ccc(C(=O)Nc2cccc(-c3nc4cccnc4s3)c2)cc1. The fraction of sp³-hybridized carbons (Fsp3) is 0.0952. The van der Waals surface area contributed by atoms with Crippen molar-refractivity contribution in [3.63, 3.8) is 0 Å². The van der Waals surface area contributed by atoms with Crippen LogP contribution in [0, 0.1) is 0 Å². The number of benzene rings is 2. The predicted molar refractivity (Wildman–Crippen MR) is 108 cm³/mol. The minimum absolute atomic E-state index is 0.166. The lowest BCUT2D eigenvalue weighted by Crippen LogP contribution is -2.11. The number of nitrogens with zero attached hydrogens (tertiary/aromatic N) is 2. The maximum Gasteiger partial charge on any atom is 0.255 e. The number of amides is 1. The van der Waals surface area contributed by atoms with Crippen LogP contribution in [0.1, 0.15) is 17.3 Å². The number of aromatic nitrogens is 2. The van der Waals surface area contributed by atoms with E-state index in [1.54, 1.807) is 30.5 Å². The molecule has 0 unspecified atom stereocenters. The van der Waals surface area contributed by atoms with E-state index in [0.717, 1.165) is 32.4 Å². The number of rotatable bonds is 5. The van der Waals surface area contributed by atoms with Crippen LogP contribution in [0.25, 0.3) is 20.9 Å². The molecule has 1 amide bonds. The highest BCUT2D eigenvalue weighted by molar-refractivity contribution is 7.21. The fourth-order valence-electron chi connectivity index (χ4n) is 2.70. The van der Waals surface area contributed by atoms with E-state index in [2.05, 4.69) is 15.3 Å². The number of hydrogen-bond donors (Lipinski definition) is 1. The largest absolute Gasteiger partial charge is 0.494 e. The van der Waals surface area contributed by atoms with Crippen LogP contribution in [0.15, 0.2) is 66.9 Å². The second-order valence-electron chi connectivity index (χ2n) is 5.84. The highest BCUT2D eigenvalue weighted by atomic mass is 32.1. The van der Waals surface area contributed by atoms with Crippen molar-refractivity contribution in [1.29, 1.82) is 0 Å². The summed E-state index contributed by atoms with van der Waals surface area (Å²) in [6.45, 7) is 2.52. The Bertz CT molecular complexity index is 1060. The van der Waals surface area contributed by atoms with Gasteiger partial charge in [-0.3, -0.25) is 4.79 Å². The van der Waals surface area contributed by atoms with Crippen molar-refractivity contribution in [2.75, 3.05) is 11.9 Å². The Morgan fingerprint density at radius 3 is 2.74 bits per heavy atom. The van der Waals surface area contributed by atoms with Gasteiger partial charge in [-0.25, -0.2) is 9.97 Å². The lowest BCUT2D eigenvalue weighted by atomic mass is 10.1. The number of carbonyl (C=O) groups excluding carboxylic acids is 1. The second-order valence-corrected chi connectivity index (χ2v) is 6.82. The van der Waals surface area contributed by atoms with Gasteiger partial charge in [0.2, 0.25) is 0 Å². The first-order valence-corrected chi connectivity index (χ1v) is 9.41. The van der Waals surface area contributed by atoms with Gasteiger partial charge in [0.15, 0.2) is 0 Å². The molecule has 2 aromatic carbocycles. The van der Waals surface area contributed by atoms with Crippen molar-refractivity contribution in [3.8, 4) is 16.3 Å². The monoisotopic (exact) mass is 375 g/mol. The topological polar surface area (TPSA) is 64.1 Å². The van der Waals surface area contributed by atoms with Gasteiger partial charge in [-0.2, -0.15) is 0 Å². The molecule has 4 aromatic rings. The van der Waals surface area contributed by atoms with E-state index >= 15 is 0 Å². The van der Waals surface area contributed by atoms with E-state index in [9.17, 15) is 4.79 Å². The van der Waals surface area contributed by atoms with E-state index in [-0.39, 0.29) is 5.91 Å². The molecule has 0 bridgehead atoms. The second kappa shape index (κ2) is 7.55. The van der Waals surface area contributed by atoms with Crippen LogP contribution in [-0.2, 0) is 0 Å². The molecule has 6 heteroatoms. The Kier molecular flexibility index (Phi) is 4.80. The van der Waals surface area contributed by atoms with Gasteiger partial charge in [-0.1, -0.05) is 23.5 Å². The normalized spacial score (nSPS) is 10.7. The zero-order valence-electron chi connectivity index (χ0n) is 14.7. The molecule has 0 aliphatic carbocycles. The summed E-state index contributed by atoms with van der Waals surface area (Å²) < 4.78 is 5.41. The predicted octanol–water partition coefficient (Wildman–Crippen LogP) is 5.01. The summed E-state index contributed by atoms with van der Waals surface area (Å²) in [6.07, 6.45) is 1.76. The molecular weight excluding hydrogens is 358 g/mol. The molecule has 2 heterocycles. The molecule has 0 atom stereocenters. The molecule has 27 heavy (non-hydrogen) atoms. The molecule has 0 radical (unpaired) electrons. The smallest absolute Gasteiger partial charge is 0.255 e. The molecule has 5 nitrogen and oxygen atoms in total. The fourth-order valence-corrected chi connectivity index (χ4v) is 3.60. The molecule has 0 saturated heterocycles. The third kappa shape index (κ3) is 3.80. The molecule has 0 aliphatic heterocycles. The van der Waals surface area contributed by atoms with Crippen LogP contribution in [0.5, 0.6) is 5.75 Å². The van der Waals surface area contributed by atoms with Crippen LogP contribution in [-0.4, -0.2) is 22.5 Å². The first-order chi connectivity index (χ1) is 13.2. The van der Waals surface area contributed by atoms with Gasteiger partial charge in [0.1, 0.15) is 21.1 Å². The van der Waals surface area contributed by atoms with E-state index in [4.69, 9.17) is 4.74 Å². The van der Waals surface area contributed by atoms with Crippen molar-refractivity contribution < 1.29 is 9.53 Å². The number of hydrogen-bond acceptors (Lipinski definition) is 5. The summed E-state index contributed by atoms with van der Waals surface area (Å²) in [4.78, 5) is 22.3. The first-order valence-electron chi connectivity index (χ1n) is 8.59. The molecule has 0 spiro atoms. The van der Waals surface area contributed by atoms with Crippen LogP contribution in [0.2, 0.25) is 0 Å². The van der Waals surface area contributed by atoms with Gasteiger partial charge < -0.3 is 10.1 Å². The Labute approximate surface area is 160 Å². The number of anilines is 1. The van der Waals surface area contributed by atoms with Gasteiger partial charge in [-0.15, -0.1) is 0 Å². The number of carbonyl (C=O) groups is 1. The molecule has 0 aliphatic rings. The Balaban J connectivity index is 1.54. The average Bonchev–Trinajstić information content (AvgIpc) is 3.13. The Morgan fingerprint density at radius 1 is 1.11 bits per heavy atom. The van der Waals surface area contributed by atoms with Crippen molar-refractivity contribution >= 4 is 33.3 Å². The summed E-state index contributed by atoms with van der Waals surface area (Å²) in [5.74, 6) is 0.585. The summed E-state index contributed by atoms with van der Waals surface area (Å²) in [5.41, 5.74) is 3.12. The quantitative estimate of drug-likeness (QED) is 0.533. The molecule has 134 valence electrons. The minimum Gasteiger partial charge on any atom is -0.494 e. The number of fused-ring (bicyclic) bond motifs is 1. The van der Waals surface area contributed by atoms with Crippen molar-refractivity contribution in [1.82, 2.24) is 9.97 Å². The highest BCUT2D eigenvalue weighted by Crippen LogP contribution is 2.30. The van der Waals surface area contributed by atoms with Gasteiger partial charge in [0.25, 0.3) is 5.91 Å². The van der Waals surface area contributed by atoms with Gasteiger partial charge in [0, 0.05) is 23.0 Å². The molecule has 0 fully saturated rings. The van der Waals surface area contributed by atoms with Crippen LogP contribution >= 0.6 is 11.3 Å². The van der Waals surface area contributed by atoms with Gasteiger partial charge in [0.05, 0.1) is 6.61 Å². The van der Waals surface area contributed by atoms with Crippen molar-refractivity contribution in [3.05, 3.63) is 72.4 Å². The highest BCUT2D eigenvalue weighted by Gasteiger charge is 2.10. The third-order valence-corrected chi connectivity index (χ3v) is 4.99. The van der Waals surface area contributed by atoms with Crippen LogP contribution in [0.4, 0.5) is 5.69 Å². The number of ether oxygens (including phenoxy) is 1. The van der Waals surface area contributed by atoms with E-state index < -0.39 is 0 Å². The number of thiazole rings is 1. The first kappa shape index (κ1) is 17.2. The zero-order valence-corrected chi connectivity index (χ0v) is 15.5. The maximum atomic E-state index is 12.5. The molecule has 2 aromatic heterocycles. The van der Waals surface area contributed by atoms with Gasteiger partial charge in [-0.05, 0) is 55.5 Å². The lowest BCUT2D eigenvalue weighted by Gasteiger charge is -2.08. The van der Waals surface area contributed by atoms with E-state index in [1.165, 1.54) is 11.3 Å². The molecular formula is C21H17N3O2S.